The fourth-order valence-electron chi connectivity index (χ4n) is 3.16. The summed E-state index contributed by atoms with van der Waals surface area (Å²) in [5.74, 6) is -0.393. The minimum atomic E-state index is -0.223. The van der Waals surface area contributed by atoms with Crippen LogP contribution in [0.2, 0.25) is 0 Å². The molecule has 1 unspecified atom stereocenters. The molecular formula is C22H26N4O3. The molecule has 1 aliphatic rings. The van der Waals surface area contributed by atoms with Gasteiger partial charge in [-0.1, -0.05) is 19.1 Å². The Morgan fingerprint density at radius 2 is 1.79 bits per heavy atom. The SMILES string of the molecule is CCCNC(=O)c1cccc(CNC(=O)c2ccc3c(c2)NC(C)CC(=O)N3)c1. The van der Waals surface area contributed by atoms with Gasteiger partial charge in [-0.15, -0.1) is 0 Å². The van der Waals surface area contributed by atoms with Crippen molar-refractivity contribution in [2.45, 2.75) is 39.3 Å². The first-order valence-corrected chi connectivity index (χ1v) is 9.82. The van der Waals surface area contributed by atoms with E-state index in [0.717, 1.165) is 17.7 Å². The minimum Gasteiger partial charge on any atom is -0.380 e. The number of hydrogen-bond acceptors (Lipinski definition) is 4. The third-order valence-corrected chi connectivity index (χ3v) is 4.63. The van der Waals surface area contributed by atoms with Crippen LogP contribution in [0.5, 0.6) is 0 Å². The molecule has 0 bridgehead atoms. The number of anilines is 2. The first kappa shape index (κ1) is 20.4. The summed E-state index contributed by atoms with van der Waals surface area (Å²) in [5.41, 5.74) is 3.31. The van der Waals surface area contributed by atoms with Crippen LogP contribution < -0.4 is 21.3 Å². The van der Waals surface area contributed by atoms with E-state index in [1.54, 1.807) is 36.4 Å². The lowest BCUT2D eigenvalue weighted by atomic mass is 10.1. The first-order valence-electron chi connectivity index (χ1n) is 9.82. The molecule has 1 aliphatic heterocycles. The van der Waals surface area contributed by atoms with Crippen molar-refractivity contribution in [3.05, 3.63) is 59.2 Å². The Kier molecular flexibility index (Phi) is 6.49. The highest BCUT2D eigenvalue weighted by Gasteiger charge is 2.19. The highest BCUT2D eigenvalue weighted by atomic mass is 16.2. The van der Waals surface area contributed by atoms with Crippen LogP contribution in [0.3, 0.4) is 0 Å². The van der Waals surface area contributed by atoms with Crippen LogP contribution in [0.25, 0.3) is 0 Å². The van der Waals surface area contributed by atoms with Crippen molar-refractivity contribution >= 4 is 29.1 Å². The Balaban J connectivity index is 1.66. The summed E-state index contributed by atoms with van der Waals surface area (Å²) < 4.78 is 0. The lowest BCUT2D eigenvalue weighted by Gasteiger charge is -2.13. The van der Waals surface area contributed by atoms with Gasteiger partial charge >= 0.3 is 0 Å². The number of benzene rings is 2. The van der Waals surface area contributed by atoms with Crippen molar-refractivity contribution in [1.29, 1.82) is 0 Å². The van der Waals surface area contributed by atoms with E-state index < -0.39 is 0 Å². The van der Waals surface area contributed by atoms with Crippen molar-refractivity contribution in [1.82, 2.24) is 10.6 Å². The standard InChI is InChI=1S/C22H26N4O3/c1-3-9-23-21(28)16-6-4-5-15(11-16)13-24-22(29)17-7-8-18-19(12-17)25-14(2)10-20(27)26-18/h4-8,11-12,14,25H,3,9-10,13H2,1-2H3,(H,23,28)(H,24,29)(H,26,27). The van der Waals surface area contributed by atoms with Crippen molar-refractivity contribution in [3.63, 3.8) is 0 Å². The molecule has 4 N–H and O–H groups in total. The molecule has 7 heteroatoms. The quantitative estimate of drug-likeness (QED) is 0.605. The average Bonchev–Trinajstić information content (AvgIpc) is 2.85. The van der Waals surface area contributed by atoms with Crippen molar-refractivity contribution in [2.24, 2.45) is 0 Å². The summed E-state index contributed by atoms with van der Waals surface area (Å²) in [6.07, 6.45) is 1.25. The number of hydrogen-bond donors (Lipinski definition) is 4. The number of rotatable bonds is 6. The fraction of sp³-hybridized carbons (Fsp3) is 0.318. The van der Waals surface area contributed by atoms with Crippen LogP contribution in [-0.4, -0.2) is 30.3 Å². The molecular weight excluding hydrogens is 368 g/mol. The predicted molar refractivity (Wildman–Crippen MR) is 113 cm³/mol. The van der Waals surface area contributed by atoms with Gasteiger partial charge in [0.25, 0.3) is 11.8 Å². The summed E-state index contributed by atoms with van der Waals surface area (Å²) in [6.45, 7) is 4.86. The van der Waals surface area contributed by atoms with Gasteiger partial charge in [0.05, 0.1) is 11.4 Å². The summed E-state index contributed by atoms with van der Waals surface area (Å²) in [5, 5.41) is 11.8. The van der Waals surface area contributed by atoms with Crippen LogP contribution in [0, 0.1) is 0 Å². The minimum absolute atomic E-state index is 0.0174. The van der Waals surface area contributed by atoms with Crippen molar-refractivity contribution in [3.8, 4) is 0 Å². The van der Waals surface area contributed by atoms with E-state index >= 15 is 0 Å². The summed E-state index contributed by atoms with van der Waals surface area (Å²) in [6, 6.07) is 12.3. The van der Waals surface area contributed by atoms with Crippen molar-refractivity contribution < 1.29 is 14.4 Å². The average molecular weight is 394 g/mol. The number of carbonyl (C=O) groups is 3. The maximum absolute atomic E-state index is 12.6. The zero-order valence-electron chi connectivity index (χ0n) is 16.7. The predicted octanol–water partition coefficient (Wildman–Crippen LogP) is 2.90. The number of carbonyl (C=O) groups excluding carboxylic acids is 3. The van der Waals surface area contributed by atoms with Gasteiger partial charge in [0.15, 0.2) is 0 Å². The van der Waals surface area contributed by atoms with Crippen LogP contribution in [0.4, 0.5) is 11.4 Å². The summed E-state index contributed by atoms with van der Waals surface area (Å²) in [4.78, 5) is 36.5. The van der Waals surface area contributed by atoms with Gasteiger partial charge in [-0.25, -0.2) is 0 Å². The summed E-state index contributed by atoms with van der Waals surface area (Å²) in [7, 11) is 0. The molecule has 0 saturated heterocycles. The molecule has 0 spiro atoms. The maximum Gasteiger partial charge on any atom is 0.251 e. The lowest BCUT2D eigenvalue weighted by Crippen LogP contribution is -2.25. The molecule has 0 fully saturated rings. The molecule has 0 radical (unpaired) electrons. The third-order valence-electron chi connectivity index (χ3n) is 4.63. The van der Waals surface area contributed by atoms with Crippen molar-refractivity contribution in [2.75, 3.05) is 17.2 Å². The van der Waals surface area contributed by atoms with E-state index in [9.17, 15) is 14.4 Å². The van der Waals surface area contributed by atoms with Gasteiger partial charge in [-0.3, -0.25) is 14.4 Å². The van der Waals surface area contributed by atoms with Crippen LogP contribution in [0.15, 0.2) is 42.5 Å². The Morgan fingerprint density at radius 3 is 2.59 bits per heavy atom. The van der Waals surface area contributed by atoms with Crippen LogP contribution in [0.1, 0.15) is 53.0 Å². The molecule has 1 heterocycles. The van der Waals surface area contributed by atoms with Gasteiger partial charge in [-0.05, 0) is 49.2 Å². The van der Waals surface area contributed by atoms with Gasteiger partial charge < -0.3 is 21.3 Å². The molecule has 3 amide bonds. The van der Waals surface area contributed by atoms with Crippen LogP contribution in [-0.2, 0) is 11.3 Å². The molecule has 1 atom stereocenters. The second-order valence-electron chi connectivity index (χ2n) is 7.20. The number of fused-ring (bicyclic) bond motifs is 1. The Hall–Kier alpha value is -3.35. The Labute approximate surface area is 170 Å². The van der Waals surface area contributed by atoms with E-state index in [-0.39, 0.29) is 23.8 Å². The topological polar surface area (TPSA) is 99.3 Å². The molecule has 7 nitrogen and oxygen atoms in total. The normalized spacial score (nSPS) is 15.4. The van der Waals surface area contributed by atoms with Crippen LogP contribution >= 0.6 is 0 Å². The van der Waals surface area contributed by atoms with Gasteiger partial charge in [-0.2, -0.15) is 0 Å². The van der Waals surface area contributed by atoms with E-state index in [4.69, 9.17) is 0 Å². The molecule has 152 valence electrons. The highest BCUT2D eigenvalue weighted by Crippen LogP contribution is 2.27. The Morgan fingerprint density at radius 1 is 1.03 bits per heavy atom. The zero-order valence-corrected chi connectivity index (χ0v) is 16.7. The molecule has 0 aliphatic carbocycles. The first-order chi connectivity index (χ1) is 14.0. The lowest BCUT2D eigenvalue weighted by molar-refractivity contribution is -0.116. The summed E-state index contributed by atoms with van der Waals surface area (Å²) >= 11 is 0. The fourth-order valence-corrected chi connectivity index (χ4v) is 3.16. The largest absolute Gasteiger partial charge is 0.380 e. The zero-order chi connectivity index (χ0) is 20.8. The second-order valence-corrected chi connectivity index (χ2v) is 7.20. The molecule has 0 saturated carbocycles. The highest BCUT2D eigenvalue weighted by molar-refractivity contribution is 6.00. The van der Waals surface area contributed by atoms with E-state index in [1.807, 2.05) is 19.9 Å². The smallest absolute Gasteiger partial charge is 0.251 e. The van der Waals surface area contributed by atoms with E-state index in [0.29, 0.717) is 36.3 Å². The molecule has 2 aromatic carbocycles. The monoisotopic (exact) mass is 394 g/mol. The van der Waals surface area contributed by atoms with Gasteiger partial charge in [0.1, 0.15) is 0 Å². The second kappa shape index (κ2) is 9.23. The third kappa shape index (κ3) is 5.34. The molecule has 2 aromatic rings. The maximum atomic E-state index is 12.6. The number of amides is 3. The van der Waals surface area contributed by atoms with E-state index in [1.165, 1.54) is 0 Å². The molecule has 3 rings (SSSR count). The van der Waals surface area contributed by atoms with Gasteiger partial charge in [0, 0.05) is 36.7 Å². The Bertz CT molecular complexity index is 926. The molecule has 0 aromatic heterocycles. The van der Waals surface area contributed by atoms with Gasteiger partial charge in [0.2, 0.25) is 5.91 Å². The van der Waals surface area contributed by atoms with E-state index in [2.05, 4.69) is 21.3 Å². The molecule has 29 heavy (non-hydrogen) atoms. The number of nitrogens with one attached hydrogen (secondary N) is 4.